The van der Waals surface area contributed by atoms with Crippen molar-refractivity contribution in [2.45, 2.75) is 32.4 Å². The molecule has 0 unspecified atom stereocenters. The molecular formula is C17H24N2O2. The lowest BCUT2D eigenvalue weighted by atomic mass is 10.0. The minimum absolute atomic E-state index is 0.0883. The largest absolute Gasteiger partial charge is 0.380 e. The van der Waals surface area contributed by atoms with E-state index < -0.39 is 0 Å². The maximum Gasteiger partial charge on any atom is 0.317 e. The van der Waals surface area contributed by atoms with Crippen LogP contribution in [0, 0.1) is 11.8 Å². The summed E-state index contributed by atoms with van der Waals surface area (Å²) in [6, 6.07) is 8.28. The second-order valence-electron chi connectivity index (χ2n) is 6.26. The predicted molar refractivity (Wildman–Crippen MR) is 81.8 cm³/mol. The first kappa shape index (κ1) is 14.4. The quantitative estimate of drug-likeness (QED) is 0.925. The van der Waals surface area contributed by atoms with Crippen LogP contribution in [0.25, 0.3) is 0 Å². The van der Waals surface area contributed by atoms with Gasteiger partial charge in [-0.15, -0.1) is 0 Å². The van der Waals surface area contributed by atoms with Crippen molar-refractivity contribution in [1.82, 2.24) is 10.2 Å². The average molecular weight is 288 g/mol. The van der Waals surface area contributed by atoms with Crippen molar-refractivity contribution in [2.75, 3.05) is 20.2 Å². The Morgan fingerprint density at radius 3 is 2.43 bits per heavy atom. The molecule has 2 aliphatic rings. The zero-order valence-corrected chi connectivity index (χ0v) is 12.7. The van der Waals surface area contributed by atoms with Crippen LogP contribution in [-0.2, 0) is 17.9 Å². The van der Waals surface area contributed by atoms with Crippen molar-refractivity contribution in [3.05, 3.63) is 35.4 Å². The summed E-state index contributed by atoms with van der Waals surface area (Å²) in [5.74, 6) is 1.51. The highest BCUT2D eigenvalue weighted by Crippen LogP contribution is 2.37. The fourth-order valence-electron chi connectivity index (χ4n) is 3.61. The molecule has 114 valence electrons. The highest BCUT2D eigenvalue weighted by atomic mass is 16.5. The van der Waals surface area contributed by atoms with Crippen LogP contribution in [0.15, 0.2) is 24.3 Å². The molecule has 1 saturated heterocycles. The van der Waals surface area contributed by atoms with Gasteiger partial charge < -0.3 is 15.0 Å². The fraction of sp³-hybridized carbons (Fsp3) is 0.588. The first-order valence-corrected chi connectivity index (χ1v) is 7.86. The number of ether oxygens (including phenoxy) is 1. The summed E-state index contributed by atoms with van der Waals surface area (Å²) in [4.78, 5) is 14.2. The van der Waals surface area contributed by atoms with Crippen molar-refractivity contribution in [3.8, 4) is 0 Å². The van der Waals surface area contributed by atoms with Crippen LogP contribution in [0.4, 0.5) is 4.79 Å². The molecule has 0 radical (unpaired) electrons. The van der Waals surface area contributed by atoms with E-state index >= 15 is 0 Å². The number of likely N-dealkylation sites (tertiary alicyclic amines) is 1. The van der Waals surface area contributed by atoms with Crippen LogP contribution in [0.1, 0.15) is 30.4 Å². The van der Waals surface area contributed by atoms with Crippen molar-refractivity contribution in [1.29, 1.82) is 0 Å². The minimum atomic E-state index is 0.0883. The molecule has 2 amide bonds. The van der Waals surface area contributed by atoms with E-state index in [1.165, 1.54) is 19.3 Å². The third-order valence-electron chi connectivity index (χ3n) is 4.79. The van der Waals surface area contributed by atoms with E-state index in [4.69, 9.17) is 4.74 Å². The third kappa shape index (κ3) is 3.38. The van der Waals surface area contributed by atoms with Crippen molar-refractivity contribution in [3.63, 3.8) is 0 Å². The van der Waals surface area contributed by atoms with Crippen LogP contribution in [-0.4, -0.2) is 31.1 Å². The number of carbonyl (C=O) groups excluding carboxylic acids is 1. The Kier molecular flexibility index (Phi) is 4.44. The van der Waals surface area contributed by atoms with Crippen LogP contribution >= 0.6 is 0 Å². The molecule has 0 bridgehead atoms. The first-order chi connectivity index (χ1) is 10.3. The van der Waals surface area contributed by atoms with E-state index in [2.05, 4.69) is 5.32 Å². The Hall–Kier alpha value is -1.55. The minimum Gasteiger partial charge on any atom is -0.380 e. The second-order valence-corrected chi connectivity index (χ2v) is 6.26. The Morgan fingerprint density at radius 1 is 1.19 bits per heavy atom. The predicted octanol–water partition coefficient (Wildman–Crippen LogP) is 2.77. The molecule has 0 aromatic heterocycles. The molecule has 4 heteroatoms. The SMILES string of the molecule is COCc1ccc(CNC(=O)N2C[C@H]3CCC[C@@H]3C2)cc1. The average Bonchev–Trinajstić information content (AvgIpc) is 3.08. The van der Waals surface area contributed by atoms with E-state index in [9.17, 15) is 4.79 Å². The molecule has 3 rings (SSSR count). The van der Waals surface area contributed by atoms with Gasteiger partial charge in [0.05, 0.1) is 6.61 Å². The van der Waals surface area contributed by atoms with Crippen LogP contribution < -0.4 is 5.32 Å². The number of benzene rings is 1. The molecule has 4 nitrogen and oxygen atoms in total. The van der Waals surface area contributed by atoms with E-state index in [-0.39, 0.29) is 6.03 Å². The van der Waals surface area contributed by atoms with Gasteiger partial charge in [0.2, 0.25) is 0 Å². The lowest BCUT2D eigenvalue weighted by molar-refractivity contribution is 0.185. The maximum atomic E-state index is 12.2. The van der Waals surface area contributed by atoms with Gasteiger partial charge in [-0.2, -0.15) is 0 Å². The summed E-state index contributed by atoms with van der Waals surface area (Å²) in [5, 5.41) is 3.04. The molecule has 2 fully saturated rings. The van der Waals surface area contributed by atoms with Gasteiger partial charge in [0, 0.05) is 26.7 Å². The smallest absolute Gasteiger partial charge is 0.317 e. The summed E-state index contributed by atoms with van der Waals surface area (Å²) < 4.78 is 5.09. The number of hydrogen-bond acceptors (Lipinski definition) is 2. The van der Waals surface area contributed by atoms with Crippen LogP contribution in [0.2, 0.25) is 0 Å². The van der Waals surface area contributed by atoms with Crippen molar-refractivity contribution >= 4 is 6.03 Å². The number of urea groups is 1. The number of methoxy groups -OCH3 is 1. The maximum absolute atomic E-state index is 12.2. The number of rotatable bonds is 4. The van der Waals surface area contributed by atoms with E-state index in [0.29, 0.717) is 13.2 Å². The Morgan fingerprint density at radius 2 is 1.81 bits per heavy atom. The molecule has 1 aromatic carbocycles. The van der Waals surface area contributed by atoms with Gasteiger partial charge >= 0.3 is 6.03 Å². The van der Waals surface area contributed by atoms with E-state index in [1.54, 1.807) is 7.11 Å². The molecule has 1 N–H and O–H groups in total. The first-order valence-electron chi connectivity index (χ1n) is 7.86. The number of hydrogen-bond donors (Lipinski definition) is 1. The van der Waals surface area contributed by atoms with E-state index in [0.717, 1.165) is 36.1 Å². The van der Waals surface area contributed by atoms with Gasteiger partial charge in [-0.3, -0.25) is 0 Å². The van der Waals surface area contributed by atoms with Gasteiger partial charge in [-0.1, -0.05) is 30.7 Å². The lowest BCUT2D eigenvalue weighted by Crippen LogP contribution is -2.38. The number of carbonyl (C=O) groups is 1. The summed E-state index contributed by atoms with van der Waals surface area (Å²) >= 11 is 0. The summed E-state index contributed by atoms with van der Waals surface area (Å²) in [5.41, 5.74) is 2.28. The van der Waals surface area contributed by atoms with Crippen LogP contribution in [0.3, 0.4) is 0 Å². The normalized spacial score (nSPS) is 24.1. The number of amides is 2. The standard InChI is InChI=1S/C17H24N2O2/c1-21-12-14-7-5-13(6-8-14)9-18-17(20)19-10-15-3-2-4-16(15)11-19/h5-8,15-16H,2-4,9-12H2,1H3,(H,18,20)/t15-,16-/m1/s1. The van der Waals surface area contributed by atoms with Gasteiger partial charge in [-0.05, 0) is 35.8 Å². The Bertz CT molecular complexity index is 474. The molecule has 1 saturated carbocycles. The van der Waals surface area contributed by atoms with E-state index in [1.807, 2.05) is 29.2 Å². The highest BCUT2D eigenvalue weighted by molar-refractivity contribution is 5.74. The van der Waals surface area contributed by atoms with Gasteiger partial charge in [0.15, 0.2) is 0 Å². The highest BCUT2D eigenvalue weighted by Gasteiger charge is 2.37. The van der Waals surface area contributed by atoms with Crippen molar-refractivity contribution in [2.24, 2.45) is 11.8 Å². The topological polar surface area (TPSA) is 41.6 Å². The molecule has 1 aliphatic carbocycles. The molecule has 1 aromatic rings. The molecular weight excluding hydrogens is 264 g/mol. The fourth-order valence-corrected chi connectivity index (χ4v) is 3.61. The lowest BCUT2D eigenvalue weighted by Gasteiger charge is -2.18. The molecule has 0 spiro atoms. The number of nitrogens with zero attached hydrogens (tertiary/aromatic N) is 1. The van der Waals surface area contributed by atoms with Crippen molar-refractivity contribution < 1.29 is 9.53 Å². The number of fused-ring (bicyclic) bond motifs is 1. The van der Waals surface area contributed by atoms with Crippen LogP contribution in [0.5, 0.6) is 0 Å². The molecule has 1 heterocycles. The second kappa shape index (κ2) is 6.48. The number of nitrogens with one attached hydrogen (secondary N) is 1. The Balaban J connectivity index is 1.47. The zero-order chi connectivity index (χ0) is 14.7. The summed E-state index contributed by atoms with van der Waals surface area (Å²) in [7, 11) is 1.69. The summed E-state index contributed by atoms with van der Waals surface area (Å²) in [6.45, 7) is 3.12. The summed E-state index contributed by atoms with van der Waals surface area (Å²) in [6.07, 6.45) is 3.95. The Labute approximate surface area is 126 Å². The third-order valence-corrected chi connectivity index (χ3v) is 4.79. The van der Waals surface area contributed by atoms with Gasteiger partial charge in [0.25, 0.3) is 0 Å². The molecule has 1 aliphatic heterocycles. The monoisotopic (exact) mass is 288 g/mol. The molecule has 2 atom stereocenters. The van der Waals surface area contributed by atoms with Gasteiger partial charge in [-0.25, -0.2) is 4.79 Å². The van der Waals surface area contributed by atoms with Gasteiger partial charge in [0.1, 0.15) is 0 Å². The molecule has 21 heavy (non-hydrogen) atoms. The zero-order valence-electron chi connectivity index (χ0n) is 12.7.